The number of aliphatic hydroxyl groups excluding tert-OH is 1. The van der Waals surface area contributed by atoms with Gasteiger partial charge in [-0.3, -0.25) is 0 Å². The van der Waals surface area contributed by atoms with Crippen molar-refractivity contribution in [2.24, 2.45) is 0 Å². The fourth-order valence-electron chi connectivity index (χ4n) is 1.79. The zero-order chi connectivity index (χ0) is 16.3. The zero-order valence-electron chi connectivity index (χ0n) is 14.8. The van der Waals surface area contributed by atoms with Gasteiger partial charge in [-0.2, -0.15) is 0 Å². The van der Waals surface area contributed by atoms with E-state index in [-0.39, 0.29) is 11.4 Å². The third-order valence-electron chi connectivity index (χ3n) is 3.41. The molecule has 0 aromatic heterocycles. The molecule has 122 valence electrons. The molecule has 0 saturated heterocycles. The van der Waals surface area contributed by atoms with Gasteiger partial charge >= 0.3 is 0 Å². The van der Waals surface area contributed by atoms with Crippen molar-refractivity contribution in [1.29, 1.82) is 0 Å². The van der Waals surface area contributed by atoms with Crippen molar-refractivity contribution in [3.8, 4) is 0 Å². The maximum atomic E-state index is 9.21. The largest absolute Gasteiger partial charge is 0.395 e. The molecule has 0 amide bonds. The highest BCUT2D eigenvalue weighted by Gasteiger charge is 2.15. The quantitative estimate of drug-likeness (QED) is 0.506. The first kappa shape index (κ1) is 20.5. The van der Waals surface area contributed by atoms with Gasteiger partial charge in [0.1, 0.15) is 0 Å². The second kappa shape index (κ2) is 11.1. The molecule has 1 N–H and O–H groups in total. The lowest BCUT2D eigenvalue weighted by molar-refractivity contribution is 0.265. The van der Waals surface area contributed by atoms with E-state index in [9.17, 15) is 5.11 Å². The summed E-state index contributed by atoms with van der Waals surface area (Å²) in [6.07, 6.45) is 11.6. The lowest BCUT2D eigenvalue weighted by Crippen LogP contribution is -2.20. The molecule has 0 aliphatic rings. The normalized spacial score (nSPS) is 13.5. The van der Waals surface area contributed by atoms with E-state index >= 15 is 0 Å². The minimum Gasteiger partial charge on any atom is -0.395 e. The molecule has 0 rings (SSSR count). The molecule has 0 bridgehead atoms. The maximum Gasteiger partial charge on any atom is 0.0572 e. The van der Waals surface area contributed by atoms with Crippen LogP contribution in [0.4, 0.5) is 0 Å². The smallest absolute Gasteiger partial charge is 0.0572 e. The second-order valence-corrected chi connectivity index (χ2v) is 8.42. The van der Waals surface area contributed by atoms with Gasteiger partial charge in [-0.25, -0.2) is 0 Å². The highest BCUT2D eigenvalue weighted by Crippen LogP contribution is 2.24. The van der Waals surface area contributed by atoms with Crippen molar-refractivity contribution in [1.82, 2.24) is 0 Å². The third-order valence-corrected chi connectivity index (χ3v) is 4.65. The van der Waals surface area contributed by atoms with E-state index in [1.807, 2.05) is 11.8 Å². The Morgan fingerprint density at radius 2 is 1.43 bits per heavy atom. The maximum absolute atomic E-state index is 9.21. The van der Waals surface area contributed by atoms with E-state index in [0.717, 1.165) is 25.0 Å². The summed E-state index contributed by atoms with van der Waals surface area (Å²) in [5.41, 5.74) is 4.35. The van der Waals surface area contributed by atoms with Crippen LogP contribution in [0.5, 0.6) is 0 Å². The number of rotatable bonds is 10. The SMILES string of the molecule is CC(C)=CCC/C(C)=C/CC/C(C)=C/CSC(C)(C)CO. The Balaban J connectivity index is 3.96. The molecule has 0 radical (unpaired) electrons. The lowest BCUT2D eigenvalue weighted by Gasteiger charge is -2.19. The van der Waals surface area contributed by atoms with E-state index in [2.05, 4.69) is 59.8 Å². The Kier molecular flexibility index (Phi) is 10.9. The van der Waals surface area contributed by atoms with Gasteiger partial charge in [0.05, 0.1) is 6.61 Å². The van der Waals surface area contributed by atoms with E-state index < -0.39 is 0 Å². The fraction of sp³-hybridized carbons (Fsp3) is 0.684. The van der Waals surface area contributed by atoms with Gasteiger partial charge < -0.3 is 5.11 Å². The molecule has 1 nitrogen and oxygen atoms in total. The van der Waals surface area contributed by atoms with Gasteiger partial charge in [-0.05, 0) is 67.2 Å². The van der Waals surface area contributed by atoms with Crippen LogP contribution in [0.15, 0.2) is 34.9 Å². The first-order chi connectivity index (χ1) is 9.76. The molecule has 0 aromatic rings. The Labute approximate surface area is 136 Å². The molecule has 0 aromatic carbocycles. The molecule has 0 aliphatic heterocycles. The average Bonchev–Trinajstić information content (AvgIpc) is 2.38. The predicted molar refractivity (Wildman–Crippen MR) is 99.0 cm³/mol. The Bertz CT molecular complexity index is 371. The molecular formula is C19H34OS. The Morgan fingerprint density at radius 1 is 0.905 bits per heavy atom. The molecular weight excluding hydrogens is 276 g/mol. The van der Waals surface area contributed by atoms with Gasteiger partial charge in [-0.1, -0.05) is 34.9 Å². The minimum absolute atomic E-state index is 0.0296. The van der Waals surface area contributed by atoms with E-state index in [1.54, 1.807) is 0 Å². The van der Waals surface area contributed by atoms with Crippen LogP contribution in [0.2, 0.25) is 0 Å². The molecule has 0 saturated carbocycles. The lowest BCUT2D eigenvalue weighted by atomic mass is 10.1. The molecule has 0 atom stereocenters. The summed E-state index contributed by atoms with van der Waals surface area (Å²) in [6, 6.07) is 0. The van der Waals surface area contributed by atoms with Crippen LogP contribution < -0.4 is 0 Å². The molecule has 0 spiro atoms. The monoisotopic (exact) mass is 310 g/mol. The third kappa shape index (κ3) is 12.9. The highest BCUT2D eigenvalue weighted by atomic mass is 32.2. The number of allylic oxidation sites excluding steroid dienone is 5. The van der Waals surface area contributed by atoms with Crippen LogP contribution in [0.3, 0.4) is 0 Å². The van der Waals surface area contributed by atoms with Crippen LogP contribution in [0.1, 0.15) is 67.2 Å². The van der Waals surface area contributed by atoms with E-state index in [4.69, 9.17) is 0 Å². The summed E-state index contributed by atoms with van der Waals surface area (Å²) >= 11 is 1.81. The van der Waals surface area contributed by atoms with Crippen molar-refractivity contribution < 1.29 is 5.11 Å². The predicted octanol–water partition coefficient (Wildman–Crippen LogP) is 5.91. The van der Waals surface area contributed by atoms with Crippen molar-refractivity contribution in [2.45, 2.75) is 72.0 Å². The summed E-state index contributed by atoms with van der Waals surface area (Å²) in [5, 5.41) is 9.21. The zero-order valence-corrected chi connectivity index (χ0v) is 15.6. The summed E-state index contributed by atoms with van der Waals surface area (Å²) in [6.45, 7) is 13.2. The second-order valence-electron chi connectivity index (χ2n) is 6.69. The summed E-state index contributed by atoms with van der Waals surface area (Å²) in [7, 11) is 0. The van der Waals surface area contributed by atoms with E-state index in [1.165, 1.54) is 23.1 Å². The van der Waals surface area contributed by atoms with E-state index in [0.29, 0.717) is 0 Å². The topological polar surface area (TPSA) is 20.2 Å². The average molecular weight is 311 g/mol. The number of thioether (sulfide) groups is 1. The molecule has 2 heteroatoms. The standard InChI is InChI=1S/C19H34OS/c1-16(2)9-7-10-17(3)11-8-12-18(4)13-14-21-19(5,6)15-20/h9,11,13,20H,7-8,10,12,14-15H2,1-6H3/b17-11+,18-13+. The minimum atomic E-state index is -0.0296. The molecule has 0 aliphatic carbocycles. The Morgan fingerprint density at radius 3 is 1.95 bits per heavy atom. The van der Waals surface area contributed by atoms with Crippen LogP contribution in [0.25, 0.3) is 0 Å². The van der Waals surface area contributed by atoms with Gasteiger partial charge in [0.15, 0.2) is 0 Å². The van der Waals surface area contributed by atoms with Crippen molar-refractivity contribution in [3.05, 3.63) is 34.9 Å². The molecule has 21 heavy (non-hydrogen) atoms. The Hall–Kier alpha value is -0.470. The van der Waals surface area contributed by atoms with Crippen LogP contribution in [0, 0.1) is 0 Å². The van der Waals surface area contributed by atoms with Crippen molar-refractivity contribution in [3.63, 3.8) is 0 Å². The van der Waals surface area contributed by atoms with Crippen molar-refractivity contribution in [2.75, 3.05) is 12.4 Å². The summed E-state index contributed by atoms with van der Waals surface area (Å²) in [4.78, 5) is 0. The van der Waals surface area contributed by atoms with Gasteiger partial charge in [0.2, 0.25) is 0 Å². The summed E-state index contributed by atoms with van der Waals surface area (Å²) in [5.74, 6) is 0.989. The molecule has 0 unspecified atom stereocenters. The van der Waals surface area contributed by atoms with Crippen LogP contribution >= 0.6 is 11.8 Å². The van der Waals surface area contributed by atoms with Crippen LogP contribution in [-0.4, -0.2) is 22.2 Å². The molecule has 0 heterocycles. The van der Waals surface area contributed by atoms with Gasteiger partial charge in [0.25, 0.3) is 0 Å². The number of aliphatic hydroxyl groups is 1. The summed E-state index contributed by atoms with van der Waals surface area (Å²) < 4.78 is -0.0296. The number of hydrogen-bond donors (Lipinski definition) is 1. The van der Waals surface area contributed by atoms with Gasteiger partial charge in [-0.15, -0.1) is 11.8 Å². The van der Waals surface area contributed by atoms with Crippen LogP contribution in [-0.2, 0) is 0 Å². The fourth-order valence-corrected chi connectivity index (χ4v) is 2.70. The molecule has 0 fully saturated rings. The number of hydrogen-bond acceptors (Lipinski definition) is 2. The van der Waals surface area contributed by atoms with Crippen molar-refractivity contribution >= 4 is 11.8 Å². The first-order valence-electron chi connectivity index (χ1n) is 7.96. The first-order valence-corrected chi connectivity index (χ1v) is 8.95. The highest BCUT2D eigenvalue weighted by molar-refractivity contribution is 8.00. The van der Waals surface area contributed by atoms with Gasteiger partial charge in [0, 0.05) is 10.5 Å².